The Kier molecular flexibility index (Phi) is 2.93. The number of aromatic nitrogens is 2. The highest BCUT2D eigenvalue weighted by molar-refractivity contribution is 6.33. The lowest BCUT2D eigenvalue weighted by molar-refractivity contribution is 0.387. The summed E-state index contributed by atoms with van der Waals surface area (Å²) >= 11 is 5.99. The molecule has 0 bridgehead atoms. The molecule has 1 aromatic heterocycles. The Hall–Kier alpha value is -1.75. The highest BCUT2D eigenvalue weighted by atomic mass is 35.5. The van der Waals surface area contributed by atoms with Gasteiger partial charge in [0.05, 0.1) is 18.3 Å². The Morgan fingerprint density at radius 1 is 1.47 bits per heavy atom. The zero-order valence-corrected chi connectivity index (χ0v) is 10.1. The number of nitrogens with zero attached hydrogens (tertiary/aromatic N) is 2. The van der Waals surface area contributed by atoms with Crippen LogP contribution in [0.2, 0.25) is 5.02 Å². The first-order valence-electron chi connectivity index (χ1n) is 4.86. The zero-order valence-electron chi connectivity index (χ0n) is 9.37. The van der Waals surface area contributed by atoms with Gasteiger partial charge in [0.1, 0.15) is 5.82 Å². The third-order valence-electron chi connectivity index (χ3n) is 2.53. The minimum atomic E-state index is -0.542. The second kappa shape index (κ2) is 4.25. The van der Waals surface area contributed by atoms with E-state index in [4.69, 9.17) is 22.1 Å². The number of methoxy groups -OCH3 is 1. The van der Waals surface area contributed by atoms with Crippen LogP contribution in [0.5, 0.6) is 5.75 Å². The molecule has 0 amide bonds. The van der Waals surface area contributed by atoms with Gasteiger partial charge < -0.3 is 10.5 Å². The van der Waals surface area contributed by atoms with Crippen LogP contribution >= 0.6 is 11.6 Å². The van der Waals surface area contributed by atoms with Crippen LogP contribution in [0.4, 0.5) is 10.2 Å². The number of aryl methyl sites for hydroxylation is 1. The quantitative estimate of drug-likeness (QED) is 0.897. The summed E-state index contributed by atoms with van der Waals surface area (Å²) in [6.07, 6.45) is 1.47. The number of nitrogen functional groups attached to an aromatic ring is 1. The molecule has 0 saturated carbocycles. The molecule has 0 fully saturated rings. The van der Waals surface area contributed by atoms with Crippen molar-refractivity contribution in [1.82, 2.24) is 9.78 Å². The van der Waals surface area contributed by atoms with E-state index in [0.717, 1.165) is 0 Å². The summed E-state index contributed by atoms with van der Waals surface area (Å²) in [5, 5.41) is 4.22. The Labute approximate surface area is 103 Å². The van der Waals surface area contributed by atoms with Gasteiger partial charge in [-0.3, -0.25) is 4.68 Å². The van der Waals surface area contributed by atoms with Crippen LogP contribution < -0.4 is 10.5 Å². The second-order valence-electron chi connectivity index (χ2n) is 3.51. The molecule has 0 saturated heterocycles. The number of anilines is 1. The van der Waals surface area contributed by atoms with E-state index in [1.807, 2.05) is 0 Å². The zero-order chi connectivity index (χ0) is 12.6. The van der Waals surface area contributed by atoms with Gasteiger partial charge >= 0.3 is 0 Å². The lowest BCUT2D eigenvalue weighted by Gasteiger charge is -2.09. The predicted octanol–water partition coefficient (Wildman–Crippen LogP) is 2.47. The van der Waals surface area contributed by atoms with Crippen LogP contribution in [0.1, 0.15) is 0 Å². The molecule has 0 spiro atoms. The number of halogens is 2. The maximum atomic E-state index is 14.1. The van der Waals surface area contributed by atoms with Gasteiger partial charge in [0.15, 0.2) is 11.6 Å². The van der Waals surface area contributed by atoms with Crippen molar-refractivity contribution in [2.24, 2.45) is 7.05 Å². The average molecular weight is 256 g/mol. The third-order valence-corrected chi connectivity index (χ3v) is 2.84. The van der Waals surface area contributed by atoms with Gasteiger partial charge in [-0.25, -0.2) is 4.39 Å². The van der Waals surface area contributed by atoms with Gasteiger partial charge in [0, 0.05) is 18.2 Å². The number of ether oxygens (including phenoxy) is 1. The first-order valence-corrected chi connectivity index (χ1v) is 5.24. The van der Waals surface area contributed by atoms with Crippen LogP contribution in [0.3, 0.4) is 0 Å². The molecular weight excluding hydrogens is 245 g/mol. The first kappa shape index (κ1) is 11.7. The fraction of sp³-hybridized carbons (Fsp3) is 0.182. The summed E-state index contributed by atoms with van der Waals surface area (Å²) in [6.45, 7) is 0. The van der Waals surface area contributed by atoms with Crippen LogP contribution in [0, 0.1) is 5.82 Å². The standard InChI is InChI=1S/C11H11ClFN3O/c1-16-11(14)6(5-15-16)9-7(12)3-4-8(17-2)10(9)13/h3-5H,14H2,1-2H3. The molecule has 90 valence electrons. The maximum Gasteiger partial charge on any atom is 0.174 e. The van der Waals surface area contributed by atoms with E-state index < -0.39 is 5.82 Å². The van der Waals surface area contributed by atoms with Gasteiger partial charge in [-0.2, -0.15) is 5.10 Å². The predicted molar refractivity (Wildman–Crippen MR) is 64.6 cm³/mol. The van der Waals surface area contributed by atoms with Gasteiger partial charge in [-0.05, 0) is 12.1 Å². The molecule has 1 aromatic carbocycles. The molecule has 0 aliphatic carbocycles. The Bertz CT molecular complexity index is 568. The minimum Gasteiger partial charge on any atom is -0.494 e. The average Bonchev–Trinajstić information content (AvgIpc) is 2.62. The van der Waals surface area contributed by atoms with Crippen molar-refractivity contribution in [2.75, 3.05) is 12.8 Å². The molecule has 0 unspecified atom stereocenters. The molecule has 2 N–H and O–H groups in total. The Morgan fingerprint density at radius 3 is 2.71 bits per heavy atom. The smallest absolute Gasteiger partial charge is 0.174 e. The van der Waals surface area contributed by atoms with Crippen LogP contribution in [0.15, 0.2) is 18.3 Å². The van der Waals surface area contributed by atoms with Crippen molar-refractivity contribution in [3.05, 3.63) is 29.2 Å². The van der Waals surface area contributed by atoms with Crippen molar-refractivity contribution in [3.8, 4) is 16.9 Å². The van der Waals surface area contributed by atoms with E-state index in [-0.39, 0.29) is 16.3 Å². The van der Waals surface area contributed by atoms with Crippen LogP contribution in [0.25, 0.3) is 11.1 Å². The number of rotatable bonds is 2. The lowest BCUT2D eigenvalue weighted by Crippen LogP contribution is -1.99. The van der Waals surface area contributed by atoms with Crippen molar-refractivity contribution in [3.63, 3.8) is 0 Å². The summed E-state index contributed by atoms with van der Waals surface area (Å²) in [5.41, 5.74) is 6.46. The van der Waals surface area contributed by atoms with Gasteiger partial charge in [-0.15, -0.1) is 0 Å². The lowest BCUT2D eigenvalue weighted by atomic mass is 10.1. The van der Waals surface area contributed by atoms with Crippen molar-refractivity contribution < 1.29 is 9.13 Å². The van der Waals surface area contributed by atoms with E-state index in [9.17, 15) is 4.39 Å². The Balaban J connectivity index is 2.70. The van der Waals surface area contributed by atoms with Crippen LogP contribution in [-0.2, 0) is 7.05 Å². The molecule has 0 atom stereocenters. The number of hydrogen-bond donors (Lipinski definition) is 1. The van der Waals surface area contributed by atoms with Gasteiger partial charge in [0.2, 0.25) is 0 Å². The molecular formula is C11H11ClFN3O. The van der Waals surface area contributed by atoms with Gasteiger partial charge in [0.25, 0.3) is 0 Å². The SMILES string of the molecule is COc1ccc(Cl)c(-c2cnn(C)c2N)c1F. The monoisotopic (exact) mass is 255 g/mol. The molecule has 0 radical (unpaired) electrons. The molecule has 17 heavy (non-hydrogen) atoms. The first-order chi connectivity index (χ1) is 8.06. The topological polar surface area (TPSA) is 53.1 Å². The molecule has 0 aliphatic heterocycles. The second-order valence-corrected chi connectivity index (χ2v) is 3.91. The van der Waals surface area contributed by atoms with E-state index in [1.54, 1.807) is 13.1 Å². The molecule has 4 nitrogen and oxygen atoms in total. The van der Waals surface area contributed by atoms with Crippen molar-refractivity contribution in [1.29, 1.82) is 0 Å². The molecule has 6 heteroatoms. The van der Waals surface area contributed by atoms with Crippen molar-refractivity contribution in [2.45, 2.75) is 0 Å². The summed E-state index contributed by atoms with van der Waals surface area (Å²) in [7, 11) is 3.06. The fourth-order valence-electron chi connectivity index (χ4n) is 1.58. The van der Waals surface area contributed by atoms with Crippen LogP contribution in [-0.4, -0.2) is 16.9 Å². The number of benzene rings is 1. The molecule has 0 aliphatic rings. The van der Waals surface area contributed by atoms with E-state index in [0.29, 0.717) is 11.4 Å². The molecule has 2 rings (SSSR count). The van der Waals surface area contributed by atoms with E-state index >= 15 is 0 Å². The third kappa shape index (κ3) is 1.82. The Morgan fingerprint density at radius 2 is 2.18 bits per heavy atom. The highest BCUT2D eigenvalue weighted by Crippen LogP contribution is 2.37. The highest BCUT2D eigenvalue weighted by Gasteiger charge is 2.18. The summed E-state index contributed by atoms with van der Waals surface area (Å²) in [4.78, 5) is 0. The number of nitrogens with two attached hydrogens (primary N) is 1. The van der Waals surface area contributed by atoms with E-state index in [1.165, 1.54) is 24.1 Å². The summed E-state index contributed by atoms with van der Waals surface area (Å²) < 4.78 is 20.5. The van der Waals surface area contributed by atoms with Crippen molar-refractivity contribution >= 4 is 17.4 Å². The molecule has 2 aromatic rings. The normalized spacial score (nSPS) is 10.6. The summed E-state index contributed by atoms with van der Waals surface area (Å²) in [6, 6.07) is 3.03. The fourth-order valence-corrected chi connectivity index (χ4v) is 1.83. The maximum absolute atomic E-state index is 14.1. The molecule has 1 heterocycles. The largest absolute Gasteiger partial charge is 0.494 e. The van der Waals surface area contributed by atoms with E-state index in [2.05, 4.69) is 5.10 Å². The summed E-state index contributed by atoms with van der Waals surface area (Å²) in [5.74, 6) is -0.0774. The van der Waals surface area contributed by atoms with Gasteiger partial charge in [-0.1, -0.05) is 11.6 Å². The minimum absolute atomic E-state index is 0.118. The number of hydrogen-bond acceptors (Lipinski definition) is 3.